The van der Waals surface area contributed by atoms with Crippen LogP contribution in [0, 0.1) is 5.82 Å². The van der Waals surface area contributed by atoms with Gasteiger partial charge < -0.3 is 14.4 Å². The second-order valence-corrected chi connectivity index (χ2v) is 9.36. The molecule has 0 saturated carbocycles. The molecule has 4 aromatic rings. The Morgan fingerprint density at radius 3 is 2.52 bits per heavy atom. The van der Waals surface area contributed by atoms with Crippen LogP contribution in [0.2, 0.25) is 0 Å². The van der Waals surface area contributed by atoms with Crippen molar-refractivity contribution in [2.24, 2.45) is 0 Å². The minimum Gasteiger partial charge on any atom is -0.371 e. The number of anilines is 1. The zero-order valence-electron chi connectivity index (χ0n) is 19.1. The van der Waals surface area contributed by atoms with Gasteiger partial charge in [0, 0.05) is 55.5 Å². The summed E-state index contributed by atoms with van der Waals surface area (Å²) in [5.74, 6) is 0.716. The molecule has 0 bridgehead atoms. The molecule has 1 fully saturated rings. The number of imidazole rings is 1. The van der Waals surface area contributed by atoms with Crippen molar-refractivity contribution in [2.45, 2.75) is 25.4 Å². The highest BCUT2D eigenvalue weighted by molar-refractivity contribution is 5.72. The molecular weight excluding hydrogens is 413 g/mol. The summed E-state index contributed by atoms with van der Waals surface area (Å²) in [5.41, 5.74) is 6.91. The van der Waals surface area contributed by atoms with Crippen molar-refractivity contribution in [2.75, 3.05) is 32.1 Å². The van der Waals surface area contributed by atoms with Crippen LogP contribution in [-0.4, -0.2) is 52.2 Å². The molecule has 0 amide bonds. The van der Waals surface area contributed by atoms with Crippen molar-refractivity contribution in [1.82, 2.24) is 19.0 Å². The lowest BCUT2D eigenvalue weighted by atomic mass is 10.0. The van der Waals surface area contributed by atoms with E-state index in [0.29, 0.717) is 6.04 Å². The van der Waals surface area contributed by atoms with Crippen molar-refractivity contribution >= 4 is 5.69 Å². The van der Waals surface area contributed by atoms with Crippen molar-refractivity contribution < 1.29 is 4.39 Å². The Labute approximate surface area is 193 Å². The van der Waals surface area contributed by atoms with Gasteiger partial charge in [-0.25, -0.2) is 9.37 Å². The van der Waals surface area contributed by atoms with Crippen LogP contribution >= 0.6 is 0 Å². The number of hydrogen-bond acceptors (Lipinski definition) is 3. The van der Waals surface area contributed by atoms with Crippen molar-refractivity contribution in [3.05, 3.63) is 78.5 Å². The summed E-state index contributed by atoms with van der Waals surface area (Å²) in [5, 5.41) is 0. The Bertz CT molecular complexity index is 1290. The first-order chi connectivity index (χ1) is 16.1. The van der Waals surface area contributed by atoms with Gasteiger partial charge in [0.1, 0.15) is 5.82 Å². The van der Waals surface area contributed by atoms with E-state index in [-0.39, 0.29) is 5.82 Å². The van der Waals surface area contributed by atoms with Crippen LogP contribution in [0.1, 0.15) is 18.4 Å². The van der Waals surface area contributed by atoms with E-state index in [1.165, 1.54) is 41.9 Å². The van der Waals surface area contributed by atoms with Crippen LogP contribution in [0.3, 0.4) is 0 Å². The van der Waals surface area contributed by atoms with Gasteiger partial charge in [-0.05, 0) is 74.5 Å². The van der Waals surface area contributed by atoms with Gasteiger partial charge in [0.25, 0.3) is 0 Å². The summed E-state index contributed by atoms with van der Waals surface area (Å²) in [6.07, 6.45) is 8.44. The third-order valence-electron chi connectivity index (χ3n) is 7.17. The zero-order chi connectivity index (χ0) is 22.5. The quantitative estimate of drug-likeness (QED) is 0.393. The highest BCUT2D eigenvalue weighted by Crippen LogP contribution is 2.35. The lowest BCUT2D eigenvalue weighted by Crippen LogP contribution is -2.42. The monoisotopic (exact) mass is 441 g/mol. The molecule has 0 N–H and O–H groups in total. The van der Waals surface area contributed by atoms with Crippen LogP contribution in [0.4, 0.5) is 10.1 Å². The highest BCUT2D eigenvalue weighted by atomic mass is 19.1. The number of halogens is 1. The molecule has 5 nitrogen and oxygen atoms in total. The van der Waals surface area contributed by atoms with Crippen LogP contribution in [0.5, 0.6) is 0 Å². The fourth-order valence-corrected chi connectivity index (χ4v) is 5.27. The molecule has 2 aromatic heterocycles. The second kappa shape index (κ2) is 7.89. The molecule has 2 aliphatic heterocycles. The summed E-state index contributed by atoms with van der Waals surface area (Å²) >= 11 is 0. The summed E-state index contributed by atoms with van der Waals surface area (Å²) in [6.45, 7) is 2.94. The predicted octanol–water partition coefficient (Wildman–Crippen LogP) is 5.04. The van der Waals surface area contributed by atoms with Gasteiger partial charge in [-0.2, -0.15) is 0 Å². The molecule has 0 radical (unpaired) electrons. The molecule has 6 rings (SSSR count). The summed E-state index contributed by atoms with van der Waals surface area (Å²) < 4.78 is 17.9. The molecule has 0 spiro atoms. The molecule has 2 aromatic carbocycles. The molecule has 168 valence electrons. The maximum absolute atomic E-state index is 13.4. The normalized spacial score (nSPS) is 15.8. The Hall–Kier alpha value is -3.38. The van der Waals surface area contributed by atoms with Gasteiger partial charge in [0.2, 0.25) is 0 Å². The van der Waals surface area contributed by atoms with Crippen molar-refractivity contribution in [1.29, 1.82) is 0 Å². The largest absolute Gasteiger partial charge is 0.371 e. The SMILES string of the molecule is CN(C)C1CCN(c2ccc3c(c2)Cn2cc(-c4ccc(F)cc4)cc2-c2nccn2-3)CC1. The average Bonchev–Trinajstić information content (AvgIpc) is 3.45. The molecule has 0 atom stereocenters. The standard InChI is InChI=1S/C27H28FN5/c1-30(2)23-9-12-31(13-10-23)24-7-8-25-21(15-24)18-32-17-20(19-3-5-22(28)6-4-19)16-26(32)27-29-11-14-33(25)27/h3-8,11,14-17,23H,9-10,12-13,18H2,1-2H3. The third-order valence-corrected chi connectivity index (χ3v) is 7.17. The first kappa shape index (κ1) is 20.2. The van der Waals surface area contributed by atoms with Gasteiger partial charge in [-0.1, -0.05) is 12.1 Å². The maximum atomic E-state index is 13.4. The Kier molecular flexibility index (Phi) is 4.84. The number of nitrogens with zero attached hydrogens (tertiary/aromatic N) is 5. The minimum atomic E-state index is -0.217. The maximum Gasteiger partial charge on any atom is 0.161 e. The smallest absolute Gasteiger partial charge is 0.161 e. The van der Waals surface area contributed by atoms with Gasteiger partial charge in [0.15, 0.2) is 5.82 Å². The van der Waals surface area contributed by atoms with Gasteiger partial charge >= 0.3 is 0 Å². The molecule has 33 heavy (non-hydrogen) atoms. The van der Waals surface area contributed by atoms with Crippen molar-refractivity contribution in [3.8, 4) is 28.3 Å². The molecule has 6 heteroatoms. The van der Waals surface area contributed by atoms with E-state index in [2.05, 4.69) is 68.5 Å². The van der Waals surface area contributed by atoms with E-state index >= 15 is 0 Å². The summed E-state index contributed by atoms with van der Waals surface area (Å²) in [4.78, 5) is 9.55. The lowest BCUT2D eigenvalue weighted by Gasteiger charge is -2.36. The van der Waals surface area contributed by atoms with E-state index in [0.717, 1.165) is 42.3 Å². The third kappa shape index (κ3) is 3.55. The molecule has 2 aliphatic rings. The second-order valence-electron chi connectivity index (χ2n) is 9.36. The van der Waals surface area contributed by atoms with Crippen LogP contribution in [-0.2, 0) is 6.54 Å². The number of rotatable bonds is 3. The number of piperidine rings is 1. The number of aromatic nitrogens is 3. The molecule has 4 heterocycles. The highest BCUT2D eigenvalue weighted by Gasteiger charge is 2.24. The number of benzene rings is 2. The van der Waals surface area contributed by atoms with E-state index in [4.69, 9.17) is 0 Å². The fraction of sp³-hybridized carbons (Fsp3) is 0.296. The van der Waals surface area contributed by atoms with Gasteiger partial charge in [-0.3, -0.25) is 4.57 Å². The van der Waals surface area contributed by atoms with E-state index in [9.17, 15) is 4.39 Å². The number of hydrogen-bond donors (Lipinski definition) is 0. The van der Waals surface area contributed by atoms with E-state index in [1.54, 1.807) is 0 Å². The summed E-state index contributed by atoms with van der Waals surface area (Å²) in [7, 11) is 4.36. The Morgan fingerprint density at radius 1 is 0.970 bits per heavy atom. The fourth-order valence-electron chi connectivity index (χ4n) is 5.27. The van der Waals surface area contributed by atoms with Crippen LogP contribution in [0.25, 0.3) is 28.3 Å². The zero-order valence-corrected chi connectivity index (χ0v) is 19.1. The Balaban J connectivity index is 1.37. The average molecular weight is 442 g/mol. The summed E-state index contributed by atoms with van der Waals surface area (Å²) in [6, 6.07) is 16.4. The first-order valence-corrected chi connectivity index (χ1v) is 11.6. The molecule has 0 unspecified atom stereocenters. The van der Waals surface area contributed by atoms with Gasteiger partial charge in [-0.15, -0.1) is 0 Å². The topological polar surface area (TPSA) is 29.2 Å². The Morgan fingerprint density at radius 2 is 1.76 bits per heavy atom. The van der Waals surface area contributed by atoms with Crippen molar-refractivity contribution in [3.63, 3.8) is 0 Å². The molecule has 0 aliphatic carbocycles. The minimum absolute atomic E-state index is 0.217. The van der Waals surface area contributed by atoms with E-state index in [1.807, 2.05) is 24.5 Å². The lowest BCUT2D eigenvalue weighted by molar-refractivity contribution is 0.249. The predicted molar refractivity (Wildman–Crippen MR) is 130 cm³/mol. The first-order valence-electron chi connectivity index (χ1n) is 11.6. The number of fused-ring (bicyclic) bond motifs is 5. The van der Waals surface area contributed by atoms with E-state index < -0.39 is 0 Å². The molecular formula is C27H28FN5. The van der Waals surface area contributed by atoms with Crippen LogP contribution in [0.15, 0.2) is 67.1 Å². The van der Waals surface area contributed by atoms with Crippen LogP contribution < -0.4 is 4.90 Å². The van der Waals surface area contributed by atoms with Gasteiger partial charge in [0.05, 0.1) is 11.4 Å². The molecule has 1 saturated heterocycles.